The molecule has 0 spiro atoms. The number of aliphatic hydroxyl groups excluding tert-OH is 1. The summed E-state index contributed by atoms with van der Waals surface area (Å²) in [7, 11) is 0. The van der Waals surface area contributed by atoms with E-state index in [2.05, 4.69) is 15.7 Å². The minimum Gasteiger partial charge on any atom is -0.396 e. The van der Waals surface area contributed by atoms with Gasteiger partial charge in [0.1, 0.15) is 5.82 Å². The molecule has 0 aliphatic rings. The van der Waals surface area contributed by atoms with E-state index >= 15 is 0 Å². The van der Waals surface area contributed by atoms with Crippen LogP contribution in [0.5, 0.6) is 0 Å². The molecule has 1 aromatic heterocycles. The Morgan fingerprint density at radius 2 is 2.14 bits per heavy atom. The summed E-state index contributed by atoms with van der Waals surface area (Å²) in [4.78, 5) is 11.9. The Bertz CT molecular complexity index is 609. The van der Waals surface area contributed by atoms with Gasteiger partial charge in [-0.05, 0) is 31.9 Å². The van der Waals surface area contributed by atoms with Gasteiger partial charge < -0.3 is 10.4 Å². The normalized spacial score (nSPS) is 12.0. The maximum atomic E-state index is 11.9. The van der Waals surface area contributed by atoms with E-state index in [-0.39, 0.29) is 18.7 Å². The van der Waals surface area contributed by atoms with Crippen LogP contribution < -0.4 is 10.6 Å². The van der Waals surface area contributed by atoms with Gasteiger partial charge in [-0.2, -0.15) is 5.10 Å². The second-order valence-corrected chi connectivity index (χ2v) is 4.93. The number of benzene rings is 1. The van der Waals surface area contributed by atoms with E-state index in [1.54, 1.807) is 16.9 Å². The number of carbonyl (C=O) groups is 1. The molecule has 0 radical (unpaired) electrons. The average molecular weight is 288 g/mol. The number of nitrogens with one attached hydrogen (secondary N) is 2. The van der Waals surface area contributed by atoms with Gasteiger partial charge in [-0.25, -0.2) is 9.48 Å². The van der Waals surface area contributed by atoms with Crippen LogP contribution in [0.2, 0.25) is 0 Å². The number of urea groups is 1. The second kappa shape index (κ2) is 6.90. The fourth-order valence-corrected chi connectivity index (χ4v) is 2.03. The van der Waals surface area contributed by atoms with E-state index in [9.17, 15) is 4.79 Å². The first-order valence-electron chi connectivity index (χ1n) is 6.90. The van der Waals surface area contributed by atoms with Crippen molar-refractivity contribution >= 4 is 11.8 Å². The molecule has 6 nitrogen and oxygen atoms in total. The Balaban J connectivity index is 2.11. The Kier molecular flexibility index (Phi) is 4.94. The molecule has 2 aromatic rings. The van der Waals surface area contributed by atoms with Crippen LogP contribution in [0.4, 0.5) is 10.6 Å². The maximum Gasteiger partial charge on any atom is 0.320 e. The molecular formula is C15H20N4O2. The molecule has 1 unspecified atom stereocenters. The predicted octanol–water partition coefficient (Wildman–Crippen LogP) is 2.07. The molecule has 0 fully saturated rings. The number of aliphatic hydroxyl groups is 1. The van der Waals surface area contributed by atoms with E-state index in [4.69, 9.17) is 5.11 Å². The molecule has 0 bridgehead atoms. The summed E-state index contributed by atoms with van der Waals surface area (Å²) in [6.45, 7) is 3.88. The smallest absolute Gasteiger partial charge is 0.320 e. The van der Waals surface area contributed by atoms with Crippen LogP contribution in [0.15, 0.2) is 36.5 Å². The Morgan fingerprint density at radius 3 is 2.86 bits per heavy atom. The van der Waals surface area contributed by atoms with Crippen molar-refractivity contribution < 1.29 is 9.90 Å². The summed E-state index contributed by atoms with van der Waals surface area (Å²) in [5, 5.41) is 18.6. The average Bonchev–Trinajstić information content (AvgIpc) is 2.87. The lowest BCUT2D eigenvalue weighted by Crippen LogP contribution is -2.37. The number of aryl methyl sites for hydroxylation is 1. The van der Waals surface area contributed by atoms with Crippen molar-refractivity contribution in [3.8, 4) is 5.69 Å². The number of aromatic nitrogens is 2. The van der Waals surface area contributed by atoms with Crippen molar-refractivity contribution in [2.75, 3.05) is 11.9 Å². The summed E-state index contributed by atoms with van der Waals surface area (Å²) < 4.78 is 1.69. The van der Waals surface area contributed by atoms with Gasteiger partial charge in [0.05, 0.1) is 11.9 Å². The van der Waals surface area contributed by atoms with Crippen LogP contribution in [0.3, 0.4) is 0 Å². The molecule has 0 aliphatic carbocycles. The third kappa shape index (κ3) is 3.82. The number of hydrogen-bond acceptors (Lipinski definition) is 3. The van der Waals surface area contributed by atoms with Crippen LogP contribution >= 0.6 is 0 Å². The summed E-state index contributed by atoms with van der Waals surface area (Å²) in [6.07, 6.45) is 2.16. The molecule has 0 saturated carbocycles. The third-order valence-electron chi connectivity index (χ3n) is 3.17. The summed E-state index contributed by atoms with van der Waals surface area (Å²) >= 11 is 0. The minimum absolute atomic E-state index is 0.0442. The fraction of sp³-hybridized carbons (Fsp3) is 0.333. The number of nitrogens with zero attached hydrogens (tertiary/aromatic N) is 2. The van der Waals surface area contributed by atoms with Crippen LogP contribution in [0.1, 0.15) is 18.9 Å². The van der Waals surface area contributed by atoms with Crippen molar-refractivity contribution in [1.82, 2.24) is 15.1 Å². The third-order valence-corrected chi connectivity index (χ3v) is 3.17. The van der Waals surface area contributed by atoms with Crippen LogP contribution in [0.25, 0.3) is 5.69 Å². The number of hydrogen-bond donors (Lipinski definition) is 3. The largest absolute Gasteiger partial charge is 0.396 e. The van der Waals surface area contributed by atoms with E-state index in [0.29, 0.717) is 12.2 Å². The topological polar surface area (TPSA) is 79.2 Å². The Labute approximate surface area is 123 Å². The quantitative estimate of drug-likeness (QED) is 0.788. The highest BCUT2D eigenvalue weighted by molar-refractivity contribution is 5.88. The lowest BCUT2D eigenvalue weighted by molar-refractivity contribution is 0.241. The van der Waals surface area contributed by atoms with Gasteiger partial charge in [0.2, 0.25) is 0 Å². The van der Waals surface area contributed by atoms with Gasteiger partial charge in [0.15, 0.2) is 0 Å². The van der Waals surface area contributed by atoms with Gasteiger partial charge in [-0.3, -0.25) is 5.32 Å². The molecule has 1 aromatic carbocycles. The number of rotatable bonds is 5. The van der Waals surface area contributed by atoms with E-state index in [1.165, 1.54) is 0 Å². The molecule has 2 rings (SSSR count). The predicted molar refractivity (Wildman–Crippen MR) is 81.6 cm³/mol. The number of para-hydroxylation sites is 1. The summed E-state index contributed by atoms with van der Waals surface area (Å²) in [5.41, 5.74) is 1.99. The lowest BCUT2D eigenvalue weighted by Gasteiger charge is -2.15. The van der Waals surface area contributed by atoms with Gasteiger partial charge >= 0.3 is 6.03 Å². The molecular weight excluding hydrogens is 268 g/mol. The zero-order chi connectivity index (χ0) is 15.2. The first kappa shape index (κ1) is 15.1. The fourth-order valence-electron chi connectivity index (χ4n) is 2.03. The molecule has 1 heterocycles. The molecule has 6 heteroatoms. The lowest BCUT2D eigenvalue weighted by atomic mass is 10.2. The standard InChI is InChI=1S/C15H20N4O2/c1-11-5-3-4-6-13(11)19-14(7-9-16-19)18-15(21)17-12(2)8-10-20/h3-7,9,12,20H,8,10H2,1-2H3,(H2,17,18,21). The highest BCUT2D eigenvalue weighted by Gasteiger charge is 2.11. The van der Waals surface area contributed by atoms with Crippen molar-refractivity contribution in [3.63, 3.8) is 0 Å². The van der Waals surface area contributed by atoms with Gasteiger partial charge in [-0.1, -0.05) is 18.2 Å². The zero-order valence-electron chi connectivity index (χ0n) is 12.2. The van der Waals surface area contributed by atoms with Crippen LogP contribution in [0, 0.1) is 6.92 Å². The van der Waals surface area contributed by atoms with Crippen molar-refractivity contribution in [2.24, 2.45) is 0 Å². The summed E-state index contributed by atoms with van der Waals surface area (Å²) in [5.74, 6) is 0.595. The van der Waals surface area contributed by atoms with Crippen LogP contribution in [-0.4, -0.2) is 33.6 Å². The number of amides is 2. The Morgan fingerprint density at radius 1 is 1.38 bits per heavy atom. The van der Waals surface area contributed by atoms with Crippen molar-refractivity contribution in [2.45, 2.75) is 26.3 Å². The van der Waals surface area contributed by atoms with E-state index < -0.39 is 0 Å². The summed E-state index contributed by atoms with van der Waals surface area (Å²) in [6, 6.07) is 9.15. The minimum atomic E-state index is -0.314. The van der Waals surface area contributed by atoms with Gasteiger partial charge in [0, 0.05) is 18.7 Å². The van der Waals surface area contributed by atoms with E-state index in [1.807, 2.05) is 38.1 Å². The zero-order valence-corrected chi connectivity index (χ0v) is 12.2. The Hall–Kier alpha value is -2.34. The second-order valence-electron chi connectivity index (χ2n) is 4.93. The van der Waals surface area contributed by atoms with Gasteiger partial charge in [0.25, 0.3) is 0 Å². The molecule has 2 amide bonds. The SMILES string of the molecule is Cc1ccccc1-n1nccc1NC(=O)NC(C)CCO. The number of carbonyl (C=O) groups excluding carboxylic acids is 1. The molecule has 1 atom stereocenters. The molecule has 0 saturated heterocycles. The number of anilines is 1. The maximum absolute atomic E-state index is 11.9. The van der Waals surface area contributed by atoms with Crippen molar-refractivity contribution in [1.29, 1.82) is 0 Å². The first-order valence-corrected chi connectivity index (χ1v) is 6.90. The highest BCUT2D eigenvalue weighted by atomic mass is 16.3. The monoisotopic (exact) mass is 288 g/mol. The highest BCUT2D eigenvalue weighted by Crippen LogP contribution is 2.18. The molecule has 112 valence electrons. The molecule has 3 N–H and O–H groups in total. The molecule has 21 heavy (non-hydrogen) atoms. The molecule has 0 aliphatic heterocycles. The first-order chi connectivity index (χ1) is 10.1. The van der Waals surface area contributed by atoms with E-state index in [0.717, 1.165) is 11.3 Å². The van der Waals surface area contributed by atoms with Crippen LogP contribution in [-0.2, 0) is 0 Å². The van der Waals surface area contributed by atoms with Gasteiger partial charge in [-0.15, -0.1) is 0 Å². The van der Waals surface area contributed by atoms with Crippen molar-refractivity contribution in [3.05, 3.63) is 42.1 Å².